The smallest absolute Gasteiger partial charge is 0.254 e. The van der Waals surface area contributed by atoms with E-state index in [1.54, 1.807) is 37.6 Å². The number of ether oxygens (including phenoxy) is 1. The first-order valence-electron chi connectivity index (χ1n) is 11.3. The van der Waals surface area contributed by atoms with E-state index in [9.17, 15) is 9.35 Å². The van der Waals surface area contributed by atoms with Crippen molar-refractivity contribution in [3.63, 3.8) is 0 Å². The van der Waals surface area contributed by atoms with Crippen molar-refractivity contribution in [2.45, 2.75) is 10.9 Å². The Morgan fingerprint density at radius 2 is 1.80 bits per heavy atom. The second-order valence-electron chi connectivity index (χ2n) is 8.42. The molecular weight excluding hydrogens is 460 g/mol. The number of methoxy groups -OCH3 is 1. The number of hydrogen-bond acceptors (Lipinski definition) is 6. The highest BCUT2D eigenvalue weighted by Gasteiger charge is 2.34. The van der Waals surface area contributed by atoms with Gasteiger partial charge in [-0.05, 0) is 48.5 Å². The van der Waals surface area contributed by atoms with Crippen molar-refractivity contribution in [1.82, 2.24) is 9.88 Å². The first-order chi connectivity index (χ1) is 17.0. The third kappa shape index (κ3) is 4.62. The summed E-state index contributed by atoms with van der Waals surface area (Å²) in [4.78, 5) is 21.9. The van der Waals surface area contributed by atoms with Crippen LogP contribution in [0.2, 0.25) is 0 Å². The fraction of sp³-hybridized carbons (Fsp3) is 0.185. The van der Waals surface area contributed by atoms with Crippen LogP contribution < -0.4 is 14.4 Å². The van der Waals surface area contributed by atoms with Gasteiger partial charge in [0.1, 0.15) is 22.8 Å². The molecule has 8 heteroatoms. The number of rotatable bonds is 7. The summed E-state index contributed by atoms with van der Waals surface area (Å²) in [5.41, 5.74) is 3.05. The molecule has 3 aromatic carbocycles. The number of carbonyl (C=O) groups is 1. The van der Waals surface area contributed by atoms with Crippen LogP contribution in [0.5, 0.6) is 5.75 Å². The predicted molar refractivity (Wildman–Crippen MR) is 139 cm³/mol. The second-order valence-corrected chi connectivity index (χ2v) is 9.64. The molecule has 1 amide bonds. The largest absolute Gasteiger partial charge is 0.588 e. The number of benzene rings is 3. The van der Waals surface area contributed by atoms with Crippen LogP contribution in [0.25, 0.3) is 10.9 Å². The van der Waals surface area contributed by atoms with Gasteiger partial charge in [-0.1, -0.05) is 30.3 Å². The Morgan fingerprint density at radius 3 is 2.57 bits per heavy atom. The molecule has 1 aliphatic heterocycles. The maximum absolute atomic E-state index is 13.0. The quantitative estimate of drug-likeness (QED) is 0.392. The maximum Gasteiger partial charge on any atom is 0.254 e. The summed E-state index contributed by atoms with van der Waals surface area (Å²) >= 11 is -1.48. The first-order valence-corrected chi connectivity index (χ1v) is 12.5. The molecule has 35 heavy (non-hydrogen) atoms. The number of carbonyl (C=O) groups excluding carboxylic acids is 1. The summed E-state index contributed by atoms with van der Waals surface area (Å²) in [7, 11) is 3.68. The van der Waals surface area contributed by atoms with Crippen molar-refractivity contribution >= 4 is 39.5 Å². The molecular formula is C27H26N4O3S. The predicted octanol–water partition coefficient (Wildman–Crippen LogP) is 4.34. The number of pyridine rings is 1. The van der Waals surface area contributed by atoms with Crippen LogP contribution in [-0.4, -0.2) is 53.6 Å². The van der Waals surface area contributed by atoms with Gasteiger partial charge in [-0.25, -0.2) is 4.72 Å². The molecule has 1 atom stereocenters. The lowest BCUT2D eigenvalue weighted by Gasteiger charge is -2.45. The number of likely N-dealkylation sites (tertiary alicyclic amines) is 1. The van der Waals surface area contributed by atoms with Gasteiger partial charge in [-0.2, -0.15) is 0 Å². The van der Waals surface area contributed by atoms with Gasteiger partial charge in [0, 0.05) is 37.3 Å². The van der Waals surface area contributed by atoms with E-state index >= 15 is 0 Å². The molecule has 1 N–H and O–H groups in total. The number of hydrogen-bond donors (Lipinski definition) is 1. The van der Waals surface area contributed by atoms with Crippen LogP contribution in [0.3, 0.4) is 0 Å². The third-order valence-corrected chi connectivity index (χ3v) is 7.42. The van der Waals surface area contributed by atoms with Gasteiger partial charge in [-0.3, -0.25) is 9.78 Å². The van der Waals surface area contributed by atoms with Gasteiger partial charge in [0.15, 0.2) is 4.90 Å². The Labute approximate surface area is 207 Å². The van der Waals surface area contributed by atoms with Gasteiger partial charge in [-0.15, -0.1) is 0 Å². The minimum absolute atomic E-state index is 0.0294. The molecule has 1 aromatic heterocycles. The van der Waals surface area contributed by atoms with Crippen LogP contribution in [0.15, 0.2) is 90.0 Å². The summed E-state index contributed by atoms with van der Waals surface area (Å²) in [5, 5.41) is 0.972. The fourth-order valence-electron chi connectivity index (χ4n) is 4.23. The zero-order chi connectivity index (χ0) is 24.4. The third-order valence-electron chi connectivity index (χ3n) is 6.31. The Hall–Kier alpha value is -3.75. The lowest BCUT2D eigenvalue weighted by molar-refractivity contribution is 0.0603. The molecule has 178 valence electrons. The molecule has 1 fully saturated rings. The molecule has 7 nitrogen and oxygen atoms in total. The first kappa shape index (κ1) is 23.0. The van der Waals surface area contributed by atoms with Gasteiger partial charge >= 0.3 is 0 Å². The lowest BCUT2D eigenvalue weighted by Crippen LogP contribution is -2.60. The monoisotopic (exact) mass is 486 g/mol. The maximum atomic E-state index is 13.0. The highest BCUT2D eigenvalue weighted by Crippen LogP contribution is 2.31. The molecule has 1 aliphatic rings. The topological polar surface area (TPSA) is 80.8 Å². The number of fused-ring (bicyclic) bond motifs is 1. The van der Waals surface area contributed by atoms with Crippen LogP contribution in [0.1, 0.15) is 10.4 Å². The van der Waals surface area contributed by atoms with Crippen molar-refractivity contribution in [3.8, 4) is 5.75 Å². The highest BCUT2D eigenvalue weighted by atomic mass is 32.2. The van der Waals surface area contributed by atoms with Crippen molar-refractivity contribution in [3.05, 3.63) is 90.6 Å². The van der Waals surface area contributed by atoms with E-state index in [1.807, 2.05) is 66.5 Å². The van der Waals surface area contributed by atoms with Gasteiger partial charge in [0.2, 0.25) is 0 Å². The fourth-order valence-corrected chi connectivity index (χ4v) is 5.10. The number of aromatic nitrogens is 1. The van der Waals surface area contributed by atoms with Crippen molar-refractivity contribution in [2.75, 3.05) is 36.9 Å². The summed E-state index contributed by atoms with van der Waals surface area (Å²) in [6, 6.07) is 24.6. The zero-order valence-electron chi connectivity index (χ0n) is 19.5. The number of nitrogens with one attached hydrogen (secondary N) is 1. The summed E-state index contributed by atoms with van der Waals surface area (Å²) in [6.45, 7) is 1.27. The molecule has 0 saturated carbocycles. The van der Waals surface area contributed by atoms with E-state index in [0.717, 1.165) is 22.3 Å². The SMILES string of the molecule is COc1ccccc1N(C)C1CN(C(=O)c2ccc([S+]([O-])Nc3cccc4cccnc34)cc2)C1. The van der Waals surface area contributed by atoms with Crippen LogP contribution in [-0.2, 0) is 11.4 Å². The highest BCUT2D eigenvalue weighted by molar-refractivity contribution is 7.92. The standard InChI is InChI=1S/C27H26N4O3S/c1-30(24-10-3-4-11-25(24)34-2)21-17-31(18-21)27(32)20-12-14-22(15-13-20)35(33)29-23-9-5-7-19-8-6-16-28-26(19)23/h3-16,21,29H,17-18H2,1-2H3. The van der Waals surface area contributed by atoms with Crippen LogP contribution in [0, 0.1) is 0 Å². The Morgan fingerprint density at radius 1 is 1.06 bits per heavy atom. The zero-order valence-corrected chi connectivity index (χ0v) is 20.4. The molecule has 4 aromatic rings. The number of nitrogens with zero attached hydrogens (tertiary/aromatic N) is 3. The average molecular weight is 487 g/mol. The molecule has 1 saturated heterocycles. The van der Waals surface area contributed by atoms with Crippen molar-refractivity contribution in [2.24, 2.45) is 0 Å². The van der Waals surface area contributed by atoms with E-state index in [1.165, 1.54) is 0 Å². The van der Waals surface area contributed by atoms with E-state index in [-0.39, 0.29) is 11.9 Å². The van der Waals surface area contributed by atoms with E-state index < -0.39 is 11.4 Å². The van der Waals surface area contributed by atoms with Gasteiger partial charge < -0.3 is 19.1 Å². The number of anilines is 2. The van der Waals surface area contributed by atoms with Crippen molar-refractivity contribution < 1.29 is 14.1 Å². The molecule has 0 aliphatic carbocycles. The second kappa shape index (κ2) is 9.85. The summed E-state index contributed by atoms with van der Waals surface area (Å²) in [5.74, 6) is 0.787. The number of amides is 1. The van der Waals surface area contributed by atoms with E-state index in [2.05, 4.69) is 14.6 Å². The van der Waals surface area contributed by atoms with Crippen LogP contribution in [0.4, 0.5) is 11.4 Å². The van der Waals surface area contributed by atoms with Crippen LogP contribution >= 0.6 is 0 Å². The Bertz CT molecular complexity index is 1340. The van der Waals surface area contributed by atoms with Crippen molar-refractivity contribution in [1.29, 1.82) is 0 Å². The molecule has 1 unspecified atom stereocenters. The minimum atomic E-state index is -1.48. The average Bonchev–Trinajstić information content (AvgIpc) is 2.88. The van der Waals surface area contributed by atoms with Gasteiger partial charge in [0.25, 0.3) is 5.91 Å². The molecule has 0 spiro atoms. The number of para-hydroxylation sites is 3. The molecule has 5 rings (SSSR count). The Kier molecular flexibility index (Phi) is 6.48. The van der Waals surface area contributed by atoms with E-state index in [4.69, 9.17) is 4.74 Å². The summed E-state index contributed by atoms with van der Waals surface area (Å²) < 4.78 is 21.4. The Balaban J connectivity index is 1.21. The van der Waals surface area contributed by atoms with E-state index in [0.29, 0.717) is 29.2 Å². The van der Waals surface area contributed by atoms with Gasteiger partial charge in [0.05, 0.1) is 24.4 Å². The summed E-state index contributed by atoms with van der Waals surface area (Å²) in [6.07, 6.45) is 1.71. The molecule has 2 heterocycles. The number of likely N-dealkylation sites (N-methyl/N-ethyl adjacent to an activating group) is 1. The minimum Gasteiger partial charge on any atom is -0.588 e. The molecule has 0 bridgehead atoms. The normalized spacial score (nSPS) is 14.3. The lowest BCUT2D eigenvalue weighted by atomic mass is 10.0. The molecule has 0 radical (unpaired) electrons.